The highest BCUT2D eigenvalue weighted by molar-refractivity contribution is 5.54. The first-order valence-corrected chi connectivity index (χ1v) is 7.34. The molecule has 0 N–H and O–H groups in total. The average Bonchev–Trinajstić information content (AvgIpc) is 2.96. The van der Waals surface area contributed by atoms with Crippen LogP contribution in [0.2, 0.25) is 0 Å². The van der Waals surface area contributed by atoms with E-state index in [1.54, 1.807) is 6.20 Å². The fraction of sp³-hybridized carbons (Fsp3) is 0.533. The maximum atomic E-state index is 5.88. The van der Waals surface area contributed by atoms with Crippen LogP contribution in [-0.4, -0.2) is 60.4 Å². The summed E-state index contributed by atoms with van der Waals surface area (Å²) in [5.41, 5.74) is 0.807. The second kappa shape index (κ2) is 6.02. The van der Waals surface area contributed by atoms with Gasteiger partial charge in [0.2, 0.25) is 11.8 Å². The van der Waals surface area contributed by atoms with Crippen LogP contribution < -0.4 is 4.90 Å². The fourth-order valence-corrected chi connectivity index (χ4v) is 2.56. The van der Waals surface area contributed by atoms with Crippen molar-refractivity contribution in [2.75, 3.05) is 39.1 Å². The van der Waals surface area contributed by atoms with E-state index >= 15 is 0 Å². The molecule has 0 aliphatic carbocycles. The molecule has 7 nitrogen and oxygen atoms in total. The van der Waals surface area contributed by atoms with Crippen LogP contribution in [-0.2, 0) is 4.74 Å². The normalized spacial score (nSPS) is 22.7. The topological polar surface area (TPSA) is 67.5 Å². The fourth-order valence-electron chi connectivity index (χ4n) is 2.56. The van der Waals surface area contributed by atoms with E-state index in [0.717, 1.165) is 24.5 Å². The molecule has 22 heavy (non-hydrogen) atoms. The molecule has 0 saturated carbocycles. The van der Waals surface area contributed by atoms with Crippen molar-refractivity contribution in [2.24, 2.45) is 0 Å². The van der Waals surface area contributed by atoms with Crippen LogP contribution in [0.4, 0.5) is 5.82 Å². The zero-order valence-corrected chi connectivity index (χ0v) is 13.4. The molecular weight excluding hydrogens is 282 g/mol. The summed E-state index contributed by atoms with van der Waals surface area (Å²) in [5, 5.41) is 8.25. The molecule has 1 saturated heterocycles. The van der Waals surface area contributed by atoms with Gasteiger partial charge in [-0.2, -0.15) is 0 Å². The van der Waals surface area contributed by atoms with Crippen molar-refractivity contribution in [1.82, 2.24) is 20.1 Å². The van der Waals surface area contributed by atoms with E-state index in [4.69, 9.17) is 9.15 Å². The van der Waals surface area contributed by atoms with Crippen molar-refractivity contribution in [3.8, 4) is 11.5 Å². The average molecular weight is 303 g/mol. The first-order chi connectivity index (χ1) is 10.5. The minimum atomic E-state index is -0.177. The summed E-state index contributed by atoms with van der Waals surface area (Å²) >= 11 is 0. The smallest absolute Gasteiger partial charge is 0.249 e. The van der Waals surface area contributed by atoms with Crippen molar-refractivity contribution in [2.45, 2.75) is 19.1 Å². The molecule has 3 rings (SSSR count). The van der Waals surface area contributed by atoms with Crippen LogP contribution in [0.25, 0.3) is 11.5 Å². The monoisotopic (exact) mass is 303 g/mol. The lowest BCUT2D eigenvalue weighted by atomic mass is 10.2. The number of rotatable bonds is 3. The van der Waals surface area contributed by atoms with Crippen LogP contribution in [0.5, 0.6) is 0 Å². The Morgan fingerprint density at radius 1 is 1.23 bits per heavy atom. The molecule has 2 atom stereocenters. The summed E-state index contributed by atoms with van der Waals surface area (Å²) in [6.45, 7) is 3.71. The van der Waals surface area contributed by atoms with Gasteiger partial charge in [-0.25, -0.2) is 4.98 Å². The predicted octanol–water partition coefficient (Wildman–Crippen LogP) is 1.59. The van der Waals surface area contributed by atoms with Gasteiger partial charge in [-0.3, -0.25) is 0 Å². The Labute approximate surface area is 129 Å². The first kappa shape index (κ1) is 14.9. The molecule has 3 heterocycles. The third-order valence-corrected chi connectivity index (χ3v) is 3.61. The lowest BCUT2D eigenvalue weighted by Gasteiger charge is -2.32. The molecule has 0 aromatic carbocycles. The van der Waals surface area contributed by atoms with Gasteiger partial charge in [-0.05, 0) is 26.1 Å². The highest BCUT2D eigenvalue weighted by atomic mass is 16.5. The summed E-state index contributed by atoms with van der Waals surface area (Å²) in [5.74, 6) is 1.87. The molecule has 0 unspecified atom stereocenters. The van der Waals surface area contributed by atoms with E-state index < -0.39 is 0 Å². The minimum Gasteiger partial charge on any atom is -0.418 e. The van der Waals surface area contributed by atoms with E-state index in [-0.39, 0.29) is 12.2 Å². The van der Waals surface area contributed by atoms with Crippen LogP contribution >= 0.6 is 0 Å². The van der Waals surface area contributed by atoms with Crippen LogP contribution in [0, 0.1) is 0 Å². The number of anilines is 1. The number of likely N-dealkylation sites (N-methyl/N-ethyl adjacent to an activating group) is 1. The van der Waals surface area contributed by atoms with E-state index in [1.165, 1.54) is 0 Å². The third kappa shape index (κ3) is 3.10. The maximum Gasteiger partial charge on any atom is 0.249 e. The maximum absolute atomic E-state index is 5.88. The number of nitrogens with zero attached hydrogens (tertiary/aromatic N) is 5. The molecule has 2 aromatic rings. The summed E-state index contributed by atoms with van der Waals surface area (Å²) in [4.78, 5) is 8.50. The molecule has 2 aromatic heterocycles. The second-order valence-electron chi connectivity index (χ2n) is 5.90. The van der Waals surface area contributed by atoms with E-state index in [9.17, 15) is 0 Å². The van der Waals surface area contributed by atoms with Gasteiger partial charge in [0.05, 0.1) is 11.7 Å². The van der Waals surface area contributed by atoms with E-state index in [1.807, 2.05) is 38.1 Å². The standard InChI is InChI=1S/C15H21N5O2/c1-10-8-20(4)9-12(21-10)15-18-17-14(22-15)11-5-6-13(16-7-11)19(2)3/h5-7,10,12H,8-9H2,1-4H3/t10-,12-/m1/s1. The minimum absolute atomic E-state index is 0.153. The highest BCUT2D eigenvalue weighted by Gasteiger charge is 2.28. The molecule has 1 fully saturated rings. The van der Waals surface area contributed by atoms with Gasteiger partial charge in [0.1, 0.15) is 11.9 Å². The molecule has 118 valence electrons. The molecule has 1 aliphatic rings. The molecular formula is C15H21N5O2. The SMILES string of the molecule is C[C@@H]1CN(C)C[C@H](c2nnc(-c3ccc(N(C)C)nc3)o2)O1. The lowest BCUT2D eigenvalue weighted by molar-refractivity contribution is -0.0821. The first-order valence-electron chi connectivity index (χ1n) is 7.34. The van der Waals surface area contributed by atoms with Crippen LogP contribution in [0.15, 0.2) is 22.7 Å². The molecule has 0 spiro atoms. The Balaban J connectivity index is 1.78. The van der Waals surface area contributed by atoms with Gasteiger partial charge in [-0.15, -0.1) is 10.2 Å². The number of hydrogen-bond acceptors (Lipinski definition) is 7. The van der Waals surface area contributed by atoms with Gasteiger partial charge >= 0.3 is 0 Å². The highest BCUT2D eigenvalue weighted by Crippen LogP contribution is 2.26. The van der Waals surface area contributed by atoms with E-state index in [2.05, 4.69) is 27.1 Å². The van der Waals surface area contributed by atoms with Gasteiger partial charge in [0.15, 0.2) is 0 Å². The molecule has 0 bridgehead atoms. The Kier molecular flexibility index (Phi) is 4.08. The Hall–Kier alpha value is -1.99. The lowest BCUT2D eigenvalue weighted by Crippen LogP contribution is -2.40. The molecule has 0 amide bonds. The van der Waals surface area contributed by atoms with Gasteiger partial charge in [0.25, 0.3) is 0 Å². The molecule has 0 radical (unpaired) electrons. The predicted molar refractivity (Wildman–Crippen MR) is 82.6 cm³/mol. The van der Waals surface area contributed by atoms with Crippen molar-refractivity contribution < 1.29 is 9.15 Å². The van der Waals surface area contributed by atoms with Crippen LogP contribution in [0.3, 0.4) is 0 Å². The second-order valence-corrected chi connectivity index (χ2v) is 5.90. The number of morpholine rings is 1. The summed E-state index contributed by atoms with van der Waals surface area (Å²) < 4.78 is 11.7. The Morgan fingerprint density at radius 2 is 2.05 bits per heavy atom. The number of pyridine rings is 1. The Morgan fingerprint density at radius 3 is 2.68 bits per heavy atom. The summed E-state index contributed by atoms with van der Waals surface area (Å²) in [6.07, 6.45) is 1.72. The molecule has 1 aliphatic heterocycles. The molecule has 7 heteroatoms. The summed E-state index contributed by atoms with van der Waals surface area (Å²) in [7, 11) is 5.96. The summed E-state index contributed by atoms with van der Waals surface area (Å²) in [6, 6.07) is 3.85. The van der Waals surface area contributed by atoms with Gasteiger partial charge in [0, 0.05) is 33.4 Å². The van der Waals surface area contributed by atoms with E-state index in [0.29, 0.717) is 11.8 Å². The van der Waals surface area contributed by atoms with Gasteiger partial charge in [-0.1, -0.05) is 0 Å². The van der Waals surface area contributed by atoms with Gasteiger partial charge < -0.3 is 19.0 Å². The largest absolute Gasteiger partial charge is 0.418 e. The zero-order valence-electron chi connectivity index (χ0n) is 13.4. The number of aromatic nitrogens is 3. The zero-order chi connectivity index (χ0) is 15.7. The van der Waals surface area contributed by atoms with Crippen LogP contribution in [0.1, 0.15) is 18.9 Å². The number of hydrogen-bond donors (Lipinski definition) is 0. The van der Waals surface area contributed by atoms with Crippen molar-refractivity contribution in [3.05, 3.63) is 24.2 Å². The third-order valence-electron chi connectivity index (χ3n) is 3.61. The Bertz CT molecular complexity index is 615. The quantitative estimate of drug-likeness (QED) is 0.853. The van der Waals surface area contributed by atoms with Crippen molar-refractivity contribution in [3.63, 3.8) is 0 Å². The van der Waals surface area contributed by atoms with Crippen molar-refractivity contribution >= 4 is 5.82 Å². The number of ether oxygens (including phenoxy) is 1. The van der Waals surface area contributed by atoms with Crippen molar-refractivity contribution in [1.29, 1.82) is 0 Å².